The first kappa shape index (κ1) is 38.6. The minimum atomic E-state index is 0. The number of carbonyl (C=O) groups is 1. The third kappa shape index (κ3) is 8.78. The van der Waals surface area contributed by atoms with Crippen LogP contribution in [0.1, 0.15) is 81.2 Å². The van der Waals surface area contributed by atoms with Crippen molar-refractivity contribution in [2.75, 3.05) is 0 Å². The molecule has 3 aromatic heterocycles. The molecular formula is C41H48IrNO2S2-. The Hall–Kier alpha value is -2.89. The van der Waals surface area contributed by atoms with E-state index in [-0.39, 0.29) is 43.5 Å². The molecule has 251 valence electrons. The average Bonchev–Trinajstić information content (AvgIpc) is 3.53. The molecule has 5 rings (SSSR count). The van der Waals surface area contributed by atoms with Crippen LogP contribution in [0.2, 0.25) is 0 Å². The Kier molecular flexibility index (Phi) is 14.3. The monoisotopic (exact) mass is 843 g/mol. The Morgan fingerprint density at radius 3 is 2.00 bits per heavy atom. The van der Waals surface area contributed by atoms with Gasteiger partial charge in [-0.25, -0.2) is 0 Å². The predicted molar refractivity (Wildman–Crippen MR) is 200 cm³/mol. The second-order valence-electron chi connectivity index (χ2n) is 12.2. The third-order valence-corrected chi connectivity index (χ3v) is 11.9. The molecule has 6 heteroatoms. The minimum absolute atomic E-state index is 0. The number of fused-ring (bicyclic) bond motifs is 1. The van der Waals surface area contributed by atoms with Crippen molar-refractivity contribution in [3.05, 3.63) is 100 Å². The predicted octanol–water partition coefficient (Wildman–Crippen LogP) is 12.6. The van der Waals surface area contributed by atoms with Gasteiger partial charge in [0.2, 0.25) is 0 Å². The molecule has 0 fully saturated rings. The zero-order valence-electron chi connectivity index (χ0n) is 29.2. The van der Waals surface area contributed by atoms with Crippen LogP contribution in [0.25, 0.3) is 41.5 Å². The fourth-order valence-electron chi connectivity index (χ4n) is 6.04. The van der Waals surface area contributed by atoms with Crippen LogP contribution in [0.3, 0.4) is 0 Å². The van der Waals surface area contributed by atoms with Crippen LogP contribution in [-0.2, 0) is 24.9 Å². The fourth-order valence-corrected chi connectivity index (χ4v) is 8.91. The molecule has 0 atom stereocenters. The van der Waals surface area contributed by atoms with E-state index in [9.17, 15) is 9.90 Å². The number of hydrogen-bond donors (Lipinski definition) is 1. The smallest absolute Gasteiger partial charge is 0.162 e. The summed E-state index contributed by atoms with van der Waals surface area (Å²) in [6.07, 6.45) is 6.85. The van der Waals surface area contributed by atoms with Gasteiger partial charge in [0.15, 0.2) is 5.78 Å². The summed E-state index contributed by atoms with van der Waals surface area (Å²) in [5, 5.41) is 11.1. The number of rotatable bonds is 10. The van der Waals surface area contributed by atoms with Crippen molar-refractivity contribution in [2.24, 2.45) is 11.8 Å². The Bertz CT molecular complexity index is 1810. The van der Waals surface area contributed by atoms with E-state index in [1.54, 1.807) is 0 Å². The molecule has 5 aromatic rings. The van der Waals surface area contributed by atoms with Gasteiger partial charge in [-0.1, -0.05) is 71.9 Å². The van der Waals surface area contributed by atoms with Gasteiger partial charge in [-0.3, -0.25) is 4.79 Å². The zero-order chi connectivity index (χ0) is 33.5. The van der Waals surface area contributed by atoms with Gasteiger partial charge in [-0.05, 0) is 80.2 Å². The first-order valence-corrected chi connectivity index (χ1v) is 18.2. The number of hydrogen-bond acceptors (Lipinski definition) is 5. The summed E-state index contributed by atoms with van der Waals surface area (Å²) >= 11 is 3.78. The number of pyridine rings is 1. The maximum absolute atomic E-state index is 11.7. The molecule has 0 spiro atoms. The summed E-state index contributed by atoms with van der Waals surface area (Å²) in [6.45, 7) is 19.1. The van der Waals surface area contributed by atoms with Crippen LogP contribution in [0.4, 0.5) is 0 Å². The summed E-state index contributed by atoms with van der Waals surface area (Å²) < 4.78 is 1.25. The SMILES string of the molecule is CCC(CC)C(=O)/C=C(\O)C(CC)CC.Cc1[c-]c(-c2nccc3c(C)c(-c4sc(-c5ccccc5)c(C)c4C)sc23)cc(C)c1.[Ir]. The van der Waals surface area contributed by atoms with E-state index in [1.165, 1.54) is 58.6 Å². The second kappa shape index (κ2) is 17.5. The van der Waals surface area contributed by atoms with Crippen LogP contribution >= 0.6 is 22.7 Å². The fraction of sp³-hybridized carbons (Fsp3) is 0.366. The van der Waals surface area contributed by atoms with Crippen LogP contribution in [0.15, 0.2) is 66.6 Å². The van der Waals surface area contributed by atoms with Crippen molar-refractivity contribution in [1.82, 2.24) is 4.98 Å². The number of aromatic nitrogens is 1. The van der Waals surface area contributed by atoms with Gasteiger partial charge in [-0.15, -0.1) is 57.6 Å². The Morgan fingerprint density at radius 1 is 0.809 bits per heavy atom. The molecule has 0 aliphatic carbocycles. The van der Waals surface area contributed by atoms with Crippen LogP contribution in [-0.4, -0.2) is 15.9 Å². The van der Waals surface area contributed by atoms with Gasteiger partial charge < -0.3 is 10.1 Å². The number of allylic oxidation sites excluding steroid dienone is 2. The minimum Gasteiger partial charge on any atom is -0.512 e. The molecule has 3 nitrogen and oxygen atoms in total. The molecule has 0 aliphatic heterocycles. The van der Waals surface area contributed by atoms with E-state index in [1.807, 2.05) is 56.6 Å². The van der Waals surface area contributed by atoms with Gasteiger partial charge in [0.05, 0.1) is 5.76 Å². The van der Waals surface area contributed by atoms with Gasteiger partial charge >= 0.3 is 0 Å². The molecule has 3 heterocycles. The summed E-state index contributed by atoms with van der Waals surface area (Å²) in [7, 11) is 0. The standard InChI is InChI=1S/C28H24NS2.C13H24O2.Ir/c1-16-13-17(2)15-22(14-16)24-28-23(11-12-29-24)20(5)27(31-28)26-19(4)18(3)25(30-26)21-9-7-6-8-10-21;1-5-10(6-2)12(14)9-13(15)11(7-3)8-4;/h6-14H,1-5H3;9-11,14H,5-8H2,1-4H3;/q-1;;/b;12-9-;. The molecule has 0 unspecified atom stereocenters. The Morgan fingerprint density at radius 2 is 1.40 bits per heavy atom. The van der Waals surface area contributed by atoms with E-state index in [0.29, 0.717) is 0 Å². The number of ketones is 1. The topological polar surface area (TPSA) is 50.2 Å². The quantitative estimate of drug-likeness (QED) is 0.0866. The average molecular weight is 843 g/mol. The first-order valence-electron chi connectivity index (χ1n) is 16.5. The van der Waals surface area contributed by atoms with E-state index >= 15 is 0 Å². The maximum atomic E-state index is 11.7. The van der Waals surface area contributed by atoms with Crippen LogP contribution in [0, 0.1) is 52.5 Å². The Labute approximate surface area is 303 Å². The molecule has 2 aromatic carbocycles. The summed E-state index contributed by atoms with van der Waals surface area (Å²) in [5.74, 6) is 0.547. The largest absolute Gasteiger partial charge is 0.512 e. The van der Waals surface area contributed by atoms with Gasteiger partial charge in [-0.2, -0.15) is 0 Å². The van der Waals surface area contributed by atoms with E-state index in [2.05, 4.69) is 89.2 Å². The van der Waals surface area contributed by atoms with Crippen molar-refractivity contribution in [2.45, 2.75) is 88.0 Å². The van der Waals surface area contributed by atoms with Crippen molar-refractivity contribution in [3.8, 4) is 31.5 Å². The summed E-state index contributed by atoms with van der Waals surface area (Å²) in [4.78, 5) is 20.6. The zero-order valence-corrected chi connectivity index (χ0v) is 33.2. The molecule has 1 N–H and O–H groups in total. The number of carbonyl (C=O) groups excluding carboxylic acids is 1. The molecule has 0 amide bonds. The van der Waals surface area contributed by atoms with Crippen LogP contribution < -0.4 is 0 Å². The van der Waals surface area contributed by atoms with Crippen molar-refractivity contribution < 1.29 is 30.0 Å². The second-order valence-corrected chi connectivity index (χ2v) is 14.3. The van der Waals surface area contributed by atoms with Crippen molar-refractivity contribution in [1.29, 1.82) is 0 Å². The molecule has 0 saturated heterocycles. The van der Waals surface area contributed by atoms with Crippen LogP contribution in [0.5, 0.6) is 0 Å². The van der Waals surface area contributed by atoms with E-state index in [4.69, 9.17) is 4.98 Å². The summed E-state index contributed by atoms with van der Waals surface area (Å²) in [6, 6.07) is 20.8. The number of aliphatic hydroxyl groups is 1. The van der Waals surface area contributed by atoms with Crippen molar-refractivity contribution in [3.63, 3.8) is 0 Å². The van der Waals surface area contributed by atoms with Gasteiger partial charge in [0.25, 0.3) is 0 Å². The molecule has 47 heavy (non-hydrogen) atoms. The molecule has 0 saturated carbocycles. The van der Waals surface area contributed by atoms with E-state index in [0.717, 1.165) is 42.5 Å². The van der Waals surface area contributed by atoms with E-state index < -0.39 is 0 Å². The number of aliphatic hydroxyl groups excluding tert-OH is 1. The number of aryl methyl sites for hydroxylation is 3. The van der Waals surface area contributed by atoms with Gasteiger partial charge in [0.1, 0.15) is 0 Å². The maximum Gasteiger partial charge on any atom is 0.162 e. The Balaban J connectivity index is 0.000000322. The number of benzene rings is 2. The number of thiophene rings is 2. The third-order valence-electron chi connectivity index (χ3n) is 9.03. The molecule has 0 aliphatic rings. The molecular weight excluding hydrogens is 795 g/mol. The number of nitrogens with zero attached hydrogens (tertiary/aromatic N) is 1. The molecule has 0 bridgehead atoms. The molecule has 1 radical (unpaired) electrons. The first-order chi connectivity index (χ1) is 22.0. The van der Waals surface area contributed by atoms with Gasteiger partial charge in [0, 0.05) is 69.2 Å². The normalized spacial score (nSPS) is 11.5. The van der Waals surface area contributed by atoms with Crippen molar-refractivity contribution >= 4 is 38.5 Å². The summed E-state index contributed by atoms with van der Waals surface area (Å²) in [5.41, 5.74) is 9.92.